The highest BCUT2D eigenvalue weighted by Crippen LogP contribution is 2.05. The molecule has 0 amide bonds. The summed E-state index contributed by atoms with van der Waals surface area (Å²) in [6.07, 6.45) is 0.559. The summed E-state index contributed by atoms with van der Waals surface area (Å²) in [5, 5.41) is 17.4. The van der Waals surface area contributed by atoms with Crippen molar-refractivity contribution in [2.24, 2.45) is 0 Å². The van der Waals surface area contributed by atoms with Crippen LogP contribution in [0.5, 0.6) is 12.0 Å². The van der Waals surface area contributed by atoms with E-state index in [1.165, 1.54) is 0 Å². The van der Waals surface area contributed by atoms with Gasteiger partial charge in [-0.3, -0.25) is 0 Å². The third-order valence-corrected chi connectivity index (χ3v) is 0.974. The fourth-order valence-corrected chi connectivity index (χ4v) is 0.553. The fraction of sp³-hybridized carbons (Fsp3) is 0.400. The largest absolute Gasteiger partial charge is 0.479 e. The molecule has 0 aliphatic carbocycles. The topological polar surface area (TPSA) is 79.1 Å². The number of hydrogen-bond acceptors (Lipinski definition) is 5. The zero-order valence-electron chi connectivity index (χ0n) is 5.44. The molecule has 2 N–H and O–H groups in total. The van der Waals surface area contributed by atoms with Crippen LogP contribution in [0.15, 0.2) is 0 Å². The van der Waals surface area contributed by atoms with E-state index < -0.39 is 12.0 Å². The predicted octanol–water partition coefficient (Wildman–Crippen LogP) is -0.155. The third-order valence-electron chi connectivity index (χ3n) is 0.974. The number of aromatic hydroxyl groups is 2. The Morgan fingerprint density at radius 3 is 2.00 bits per heavy atom. The van der Waals surface area contributed by atoms with E-state index in [1.807, 2.05) is 6.92 Å². The van der Waals surface area contributed by atoms with Gasteiger partial charge in [0.05, 0.1) is 0 Å². The maximum atomic E-state index is 8.70. The molecule has 1 heterocycles. The Morgan fingerprint density at radius 1 is 1.10 bits per heavy atom. The standard InChI is InChI=1S/C5H7N3O2/c1-2-3-6-4(9)8-5(10)7-3/h2H2,1H3,(H2,6,7,8,9,10). The van der Waals surface area contributed by atoms with Crippen molar-refractivity contribution in [3.05, 3.63) is 5.82 Å². The molecule has 0 aliphatic heterocycles. The Labute approximate surface area is 57.4 Å². The quantitative estimate of drug-likeness (QED) is 0.568. The molecule has 0 unspecified atom stereocenters. The monoisotopic (exact) mass is 141 g/mol. The van der Waals surface area contributed by atoms with Crippen molar-refractivity contribution in [2.45, 2.75) is 13.3 Å². The first-order chi connectivity index (χ1) is 4.72. The van der Waals surface area contributed by atoms with Crippen LogP contribution in [0.25, 0.3) is 0 Å². The van der Waals surface area contributed by atoms with Gasteiger partial charge in [-0.25, -0.2) is 0 Å². The first-order valence-electron chi connectivity index (χ1n) is 2.85. The van der Waals surface area contributed by atoms with Crippen molar-refractivity contribution in [2.75, 3.05) is 0 Å². The van der Waals surface area contributed by atoms with E-state index in [0.29, 0.717) is 12.2 Å². The number of aryl methyl sites for hydroxylation is 1. The normalized spacial score (nSPS) is 9.70. The van der Waals surface area contributed by atoms with Gasteiger partial charge in [-0.1, -0.05) is 6.92 Å². The summed E-state index contributed by atoms with van der Waals surface area (Å²) in [4.78, 5) is 10.2. The smallest absolute Gasteiger partial charge is 0.320 e. The molecule has 0 radical (unpaired) electrons. The van der Waals surface area contributed by atoms with Crippen LogP contribution in [0, 0.1) is 0 Å². The summed E-state index contributed by atoms with van der Waals surface area (Å²) in [7, 11) is 0. The van der Waals surface area contributed by atoms with Gasteiger partial charge in [0, 0.05) is 6.42 Å². The lowest BCUT2D eigenvalue weighted by atomic mass is 10.5. The van der Waals surface area contributed by atoms with Crippen molar-refractivity contribution < 1.29 is 10.2 Å². The van der Waals surface area contributed by atoms with Gasteiger partial charge in [-0.05, 0) is 0 Å². The molecule has 54 valence electrons. The van der Waals surface area contributed by atoms with Crippen LogP contribution in [0.2, 0.25) is 0 Å². The van der Waals surface area contributed by atoms with Crippen molar-refractivity contribution in [3.8, 4) is 12.0 Å². The van der Waals surface area contributed by atoms with E-state index in [9.17, 15) is 0 Å². The third kappa shape index (κ3) is 1.31. The van der Waals surface area contributed by atoms with E-state index in [1.54, 1.807) is 0 Å². The van der Waals surface area contributed by atoms with Gasteiger partial charge in [0.15, 0.2) is 0 Å². The summed E-state index contributed by atoms with van der Waals surface area (Å²) >= 11 is 0. The van der Waals surface area contributed by atoms with Gasteiger partial charge in [0.1, 0.15) is 5.82 Å². The lowest BCUT2D eigenvalue weighted by molar-refractivity contribution is 0.378. The molecule has 0 aromatic carbocycles. The van der Waals surface area contributed by atoms with E-state index in [-0.39, 0.29) is 0 Å². The Bertz CT molecular complexity index is 218. The Hall–Kier alpha value is -1.39. The number of rotatable bonds is 1. The van der Waals surface area contributed by atoms with Gasteiger partial charge in [0.2, 0.25) is 0 Å². The van der Waals surface area contributed by atoms with Crippen LogP contribution in [-0.2, 0) is 6.42 Å². The van der Waals surface area contributed by atoms with Crippen LogP contribution < -0.4 is 0 Å². The van der Waals surface area contributed by atoms with Crippen molar-refractivity contribution in [1.82, 2.24) is 15.0 Å². The molecule has 5 heteroatoms. The molecule has 5 nitrogen and oxygen atoms in total. The average Bonchev–Trinajstić information content (AvgIpc) is 1.85. The van der Waals surface area contributed by atoms with Crippen LogP contribution in [0.4, 0.5) is 0 Å². The molecule has 0 bridgehead atoms. The highest BCUT2D eigenvalue weighted by molar-refractivity contribution is 5.01. The number of hydrogen-bond donors (Lipinski definition) is 2. The molecule has 10 heavy (non-hydrogen) atoms. The van der Waals surface area contributed by atoms with E-state index in [0.717, 1.165) is 0 Å². The second-order valence-electron chi connectivity index (χ2n) is 1.71. The zero-order valence-corrected chi connectivity index (χ0v) is 5.44. The second kappa shape index (κ2) is 2.47. The first kappa shape index (κ1) is 6.73. The van der Waals surface area contributed by atoms with Crippen LogP contribution in [0.3, 0.4) is 0 Å². The summed E-state index contributed by atoms with van der Waals surface area (Å²) in [6, 6.07) is -0.881. The van der Waals surface area contributed by atoms with E-state index in [4.69, 9.17) is 10.2 Å². The number of nitrogens with zero attached hydrogens (tertiary/aromatic N) is 3. The minimum absolute atomic E-state index is 0.380. The van der Waals surface area contributed by atoms with Crippen molar-refractivity contribution in [1.29, 1.82) is 0 Å². The second-order valence-corrected chi connectivity index (χ2v) is 1.71. The summed E-state index contributed by atoms with van der Waals surface area (Å²) < 4.78 is 0. The molecule has 0 atom stereocenters. The van der Waals surface area contributed by atoms with Crippen LogP contribution in [-0.4, -0.2) is 25.2 Å². The van der Waals surface area contributed by atoms with Gasteiger partial charge in [-0.15, -0.1) is 4.98 Å². The minimum atomic E-state index is -0.440. The van der Waals surface area contributed by atoms with E-state index in [2.05, 4.69) is 15.0 Å². The molecule has 1 rings (SSSR count). The molecule has 1 aromatic heterocycles. The lowest BCUT2D eigenvalue weighted by Gasteiger charge is -1.94. The molecular formula is C5H7N3O2. The number of aromatic nitrogens is 3. The van der Waals surface area contributed by atoms with Crippen molar-refractivity contribution >= 4 is 0 Å². The highest BCUT2D eigenvalue weighted by atomic mass is 16.3. The molecule has 0 spiro atoms. The average molecular weight is 141 g/mol. The summed E-state index contributed by atoms with van der Waals surface area (Å²) in [6.45, 7) is 1.81. The van der Waals surface area contributed by atoms with E-state index >= 15 is 0 Å². The molecule has 0 fully saturated rings. The van der Waals surface area contributed by atoms with Gasteiger partial charge in [-0.2, -0.15) is 9.97 Å². The van der Waals surface area contributed by atoms with Crippen LogP contribution in [0.1, 0.15) is 12.7 Å². The minimum Gasteiger partial charge on any atom is -0.479 e. The molecule has 0 saturated carbocycles. The Morgan fingerprint density at radius 2 is 1.60 bits per heavy atom. The zero-order chi connectivity index (χ0) is 7.56. The summed E-state index contributed by atoms with van der Waals surface area (Å²) in [5.74, 6) is 0.380. The van der Waals surface area contributed by atoms with Gasteiger partial charge < -0.3 is 10.2 Å². The molecule has 0 saturated heterocycles. The van der Waals surface area contributed by atoms with Gasteiger partial charge in [0.25, 0.3) is 0 Å². The Balaban J connectivity index is 3.06. The summed E-state index contributed by atoms with van der Waals surface area (Å²) in [5.41, 5.74) is 0. The highest BCUT2D eigenvalue weighted by Gasteiger charge is 2.00. The Kier molecular flexibility index (Phi) is 1.66. The molecule has 0 aliphatic rings. The predicted molar refractivity (Wildman–Crippen MR) is 32.5 cm³/mol. The maximum absolute atomic E-state index is 8.70. The lowest BCUT2D eigenvalue weighted by Crippen LogP contribution is -1.94. The molecule has 1 aromatic rings. The first-order valence-corrected chi connectivity index (χ1v) is 2.85. The maximum Gasteiger partial charge on any atom is 0.320 e. The molecular weight excluding hydrogens is 134 g/mol. The fourth-order valence-electron chi connectivity index (χ4n) is 0.553. The van der Waals surface area contributed by atoms with Crippen LogP contribution >= 0.6 is 0 Å². The van der Waals surface area contributed by atoms with Crippen molar-refractivity contribution in [3.63, 3.8) is 0 Å². The van der Waals surface area contributed by atoms with Gasteiger partial charge >= 0.3 is 12.0 Å². The SMILES string of the molecule is CCc1nc(O)nc(O)n1.